The van der Waals surface area contributed by atoms with Gasteiger partial charge in [0.2, 0.25) is 5.91 Å². The van der Waals surface area contributed by atoms with Gasteiger partial charge in [-0.25, -0.2) is 9.97 Å². The molecule has 3 heterocycles. The maximum atomic E-state index is 12.5. The first kappa shape index (κ1) is 20.2. The van der Waals surface area contributed by atoms with E-state index in [1.807, 2.05) is 36.7 Å². The van der Waals surface area contributed by atoms with Crippen LogP contribution in [0.15, 0.2) is 43.0 Å². The van der Waals surface area contributed by atoms with E-state index in [4.69, 9.17) is 5.73 Å². The molecule has 5 rings (SSSR count). The average Bonchev–Trinajstić information content (AvgIpc) is 3.45. The Morgan fingerprint density at radius 3 is 2.66 bits per heavy atom. The molecule has 32 heavy (non-hydrogen) atoms. The van der Waals surface area contributed by atoms with E-state index in [0.717, 1.165) is 47.2 Å². The van der Waals surface area contributed by atoms with Crippen LogP contribution < -0.4 is 11.1 Å². The number of aromatic nitrogens is 5. The standard InChI is InChI=1S/C24H27N7O/c1-24(2,3)15-11-28-30(12-15)13-20(32)29-16-7-9-17(10-8-16)31-19-6-4-5-18(19)21-22(31)23(25)27-14-26-21/h7-12,14H,4-6,13H2,1-3H3,(H,29,32)(H2,25,26,27). The smallest absolute Gasteiger partial charge is 0.246 e. The zero-order valence-corrected chi connectivity index (χ0v) is 18.6. The summed E-state index contributed by atoms with van der Waals surface area (Å²) in [4.78, 5) is 21.2. The molecule has 0 aliphatic heterocycles. The van der Waals surface area contributed by atoms with Crippen molar-refractivity contribution < 1.29 is 4.79 Å². The zero-order chi connectivity index (χ0) is 22.5. The van der Waals surface area contributed by atoms with Gasteiger partial charge >= 0.3 is 0 Å². The van der Waals surface area contributed by atoms with Crippen LogP contribution in [0, 0.1) is 0 Å². The fourth-order valence-corrected chi connectivity index (χ4v) is 4.36. The molecule has 0 fully saturated rings. The molecule has 1 aromatic carbocycles. The van der Waals surface area contributed by atoms with Crippen LogP contribution >= 0.6 is 0 Å². The number of fused-ring (bicyclic) bond motifs is 3. The van der Waals surface area contributed by atoms with Crippen molar-refractivity contribution in [1.82, 2.24) is 24.3 Å². The predicted molar refractivity (Wildman–Crippen MR) is 125 cm³/mol. The molecule has 8 heteroatoms. The number of nitrogens with one attached hydrogen (secondary N) is 1. The van der Waals surface area contributed by atoms with Crippen LogP contribution in [0.25, 0.3) is 16.7 Å². The van der Waals surface area contributed by atoms with Gasteiger partial charge in [0.15, 0.2) is 5.82 Å². The maximum Gasteiger partial charge on any atom is 0.246 e. The number of nitrogen functional groups attached to an aromatic ring is 1. The molecule has 0 unspecified atom stereocenters. The third-order valence-corrected chi connectivity index (χ3v) is 6.03. The molecule has 164 valence electrons. The Kier molecular flexibility index (Phi) is 4.73. The van der Waals surface area contributed by atoms with Gasteiger partial charge in [0.05, 0.1) is 11.7 Å². The van der Waals surface area contributed by atoms with Crippen molar-refractivity contribution in [2.24, 2.45) is 0 Å². The lowest BCUT2D eigenvalue weighted by atomic mass is 9.90. The summed E-state index contributed by atoms with van der Waals surface area (Å²) in [5, 5.41) is 7.26. The maximum absolute atomic E-state index is 12.5. The van der Waals surface area contributed by atoms with Gasteiger partial charge in [0, 0.05) is 23.3 Å². The average molecular weight is 430 g/mol. The monoisotopic (exact) mass is 429 g/mol. The van der Waals surface area contributed by atoms with E-state index in [1.54, 1.807) is 4.68 Å². The van der Waals surface area contributed by atoms with E-state index in [2.05, 4.69) is 45.7 Å². The molecule has 0 saturated carbocycles. The third kappa shape index (κ3) is 3.51. The topological polar surface area (TPSA) is 104 Å². The molecule has 0 bridgehead atoms. The highest BCUT2D eigenvalue weighted by Gasteiger charge is 2.25. The molecule has 8 nitrogen and oxygen atoms in total. The normalized spacial score (nSPS) is 13.5. The van der Waals surface area contributed by atoms with Gasteiger partial charge < -0.3 is 15.6 Å². The number of anilines is 2. The van der Waals surface area contributed by atoms with Crippen LogP contribution in [0.5, 0.6) is 0 Å². The second-order valence-electron chi connectivity index (χ2n) is 9.34. The molecule has 3 aromatic heterocycles. The number of hydrogen-bond donors (Lipinski definition) is 2. The molecule has 0 radical (unpaired) electrons. The number of rotatable bonds is 4. The number of aryl methyl sites for hydroxylation is 1. The lowest BCUT2D eigenvalue weighted by Gasteiger charge is -2.15. The van der Waals surface area contributed by atoms with Gasteiger partial charge in [-0.1, -0.05) is 20.8 Å². The van der Waals surface area contributed by atoms with Crippen LogP contribution in [-0.4, -0.2) is 30.2 Å². The molecule has 1 amide bonds. The van der Waals surface area contributed by atoms with E-state index in [-0.39, 0.29) is 17.9 Å². The molecule has 1 aliphatic rings. The highest BCUT2D eigenvalue weighted by Crippen LogP contribution is 2.36. The molecular formula is C24H27N7O. The number of carbonyl (C=O) groups excluding carboxylic acids is 1. The summed E-state index contributed by atoms with van der Waals surface area (Å²) in [5.41, 5.74) is 13.4. The van der Waals surface area contributed by atoms with E-state index >= 15 is 0 Å². The van der Waals surface area contributed by atoms with Gasteiger partial charge in [-0.2, -0.15) is 5.10 Å². The van der Waals surface area contributed by atoms with Gasteiger partial charge in [0.25, 0.3) is 0 Å². The summed E-state index contributed by atoms with van der Waals surface area (Å²) in [7, 11) is 0. The fraction of sp³-hybridized carbons (Fsp3) is 0.333. The number of nitrogens with zero attached hydrogens (tertiary/aromatic N) is 5. The second-order valence-corrected chi connectivity index (χ2v) is 9.34. The third-order valence-electron chi connectivity index (χ3n) is 6.03. The summed E-state index contributed by atoms with van der Waals surface area (Å²) < 4.78 is 3.83. The first-order valence-electron chi connectivity index (χ1n) is 10.9. The largest absolute Gasteiger partial charge is 0.382 e. The molecule has 0 saturated heterocycles. The quantitative estimate of drug-likeness (QED) is 0.516. The van der Waals surface area contributed by atoms with Crippen molar-refractivity contribution in [1.29, 1.82) is 0 Å². The van der Waals surface area contributed by atoms with Crippen LogP contribution in [0.1, 0.15) is 44.0 Å². The lowest BCUT2D eigenvalue weighted by molar-refractivity contribution is -0.116. The molecular weight excluding hydrogens is 402 g/mol. The van der Waals surface area contributed by atoms with Crippen LogP contribution in [0.3, 0.4) is 0 Å². The van der Waals surface area contributed by atoms with E-state index in [9.17, 15) is 4.79 Å². The number of amides is 1. The van der Waals surface area contributed by atoms with Gasteiger partial charge in [-0.15, -0.1) is 0 Å². The van der Waals surface area contributed by atoms with Crippen LogP contribution in [0.4, 0.5) is 11.5 Å². The minimum atomic E-state index is -0.119. The Bertz CT molecular complexity index is 1310. The summed E-state index contributed by atoms with van der Waals surface area (Å²) in [6.07, 6.45) is 8.38. The van der Waals surface area contributed by atoms with Crippen molar-refractivity contribution in [3.8, 4) is 5.69 Å². The Morgan fingerprint density at radius 1 is 1.16 bits per heavy atom. The number of benzene rings is 1. The number of hydrogen-bond acceptors (Lipinski definition) is 5. The van der Waals surface area contributed by atoms with Crippen LogP contribution in [0.2, 0.25) is 0 Å². The zero-order valence-electron chi connectivity index (χ0n) is 18.6. The number of nitrogens with two attached hydrogens (primary N) is 1. The van der Waals surface area contributed by atoms with Gasteiger partial charge in [-0.3, -0.25) is 9.48 Å². The number of carbonyl (C=O) groups is 1. The minimum Gasteiger partial charge on any atom is -0.382 e. The minimum absolute atomic E-state index is 0.00179. The van der Waals surface area contributed by atoms with E-state index < -0.39 is 0 Å². The highest BCUT2D eigenvalue weighted by molar-refractivity contribution is 5.92. The Balaban J connectivity index is 1.37. The predicted octanol–water partition coefficient (Wildman–Crippen LogP) is 3.62. The van der Waals surface area contributed by atoms with Crippen molar-refractivity contribution in [2.75, 3.05) is 11.1 Å². The van der Waals surface area contributed by atoms with Crippen LogP contribution in [-0.2, 0) is 29.6 Å². The molecule has 0 atom stereocenters. The van der Waals surface area contributed by atoms with E-state index in [0.29, 0.717) is 5.82 Å². The van der Waals surface area contributed by atoms with Gasteiger partial charge in [-0.05, 0) is 60.1 Å². The first-order chi connectivity index (χ1) is 15.3. The van der Waals surface area contributed by atoms with E-state index in [1.165, 1.54) is 17.6 Å². The molecule has 4 aromatic rings. The van der Waals surface area contributed by atoms with Crippen molar-refractivity contribution >= 4 is 28.4 Å². The van der Waals surface area contributed by atoms with Crippen molar-refractivity contribution in [2.45, 2.75) is 52.0 Å². The van der Waals surface area contributed by atoms with Crippen molar-refractivity contribution in [3.05, 3.63) is 59.8 Å². The highest BCUT2D eigenvalue weighted by atomic mass is 16.2. The summed E-state index contributed by atoms with van der Waals surface area (Å²) in [6, 6.07) is 7.80. The summed E-state index contributed by atoms with van der Waals surface area (Å²) in [5.74, 6) is 0.363. The second kappa shape index (κ2) is 7.47. The molecule has 3 N–H and O–H groups in total. The van der Waals surface area contributed by atoms with Crippen molar-refractivity contribution in [3.63, 3.8) is 0 Å². The first-order valence-corrected chi connectivity index (χ1v) is 10.9. The Labute approximate surface area is 186 Å². The summed E-state index contributed by atoms with van der Waals surface area (Å²) in [6.45, 7) is 6.54. The van der Waals surface area contributed by atoms with Gasteiger partial charge in [0.1, 0.15) is 18.4 Å². The molecule has 1 aliphatic carbocycles. The SMILES string of the molecule is CC(C)(C)c1cnn(CC(=O)Nc2ccc(-n3c4c(c5ncnc(N)c53)CCC4)cc2)c1. The Hall–Kier alpha value is -3.68. The fourth-order valence-electron chi connectivity index (χ4n) is 4.36. The Morgan fingerprint density at radius 2 is 1.94 bits per heavy atom. The lowest BCUT2D eigenvalue weighted by Crippen LogP contribution is -2.19. The molecule has 0 spiro atoms. The summed E-state index contributed by atoms with van der Waals surface area (Å²) >= 11 is 0.